The molecular formula is C18H11Cl2FN2O3. The topological polar surface area (TPSA) is 71.3 Å². The number of carbonyl (C=O) groups excluding carboxylic acids is 2. The Hall–Kier alpha value is -2.83. The Kier molecular flexibility index (Phi) is 5.25. The van der Waals surface area contributed by atoms with Crippen LogP contribution in [0.3, 0.4) is 0 Å². The molecule has 0 atom stereocenters. The smallest absolute Gasteiger partial charge is 0.291 e. The number of furan rings is 1. The van der Waals surface area contributed by atoms with E-state index in [-0.39, 0.29) is 27.7 Å². The second kappa shape index (κ2) is 7.59. The average Bonchev–Trinajstić information content (AvgIpc) is 3.14. The third-order valence-corrected chi connectivity index (χ3v) is 3.87. The Morgan fingerprint density at radius 2 is 1.58 bits per heavy atom. The number of rotatable bonds is 4. The fraction of sp³-hybridized carbons (Fsp3) is 0. The van der Waals surface area contributed by atoms with E-state index in [0.29, 0.717) is 5.02 Å². The van der Waals surface area contributed by atoms with E-state index >= 15 is 0 Å². The molecule has 26 heavy (non-hydrogen) atoms. The standard InChI is InChI=1S/C18H11Cl2FN2O3/c19-10-3-5-13(21)12(8-10)17(24)22-14-6-4-11(20)9-15(14)23-18(25)16-2-1-7-26-16/h1-9H,(H,22,24)(H,23,25). The molecule has 0 unspecified atom stereocenters. The summed E-state index contributed by atoms with van der Waals surface area (Å²) in [7, 11) is 0. The van der Waals surface area contributed by atoms with Gasteiger partial charge in [0.2, 0.25) is 0 Å². The first-order chi connectivity index (χ1) is 12.4. The van der Waals surface area contributed by atoms with Crippen LogP contribution in [0.5, 0.6) is 0 Å². The Balaban J connectivity index is 1.87. The van der Waals surface area contributed by atoms with Gasteiger partial charge in [0.25, 0.3) is 11.8 Å². The molecule has 0 saturated carbocycles. The van der Waals surface area contributed by atoms with Crippen molar-refractivity contribution in [1.29, 1.82) is 0 Å². The molecule has 0 saturated heterocycles. The third-order valence-electron chi connectivity index (χ3n) is 3.40. The lowest BCUT2D eigenvalue weighted by Gasteiger charge is -2.13. The van der Waals surface area contributed by atoms with Gasteiger partial charge >= 0.3 is 0 Å². The van der Waals surface area contributed by atoms with Gasteiger partial charge in [-0.15, -0.1) is 0 Å². The number of hydrogen-bond donors (Lipinski definition) is 2. The van der Waals surface area contributed by atoms with E-state index in [4.69, 9.17) is 27.6 Å². The van der Waals surface area contributed by atoms with Gasteiger partial charge in [0, 0.05) is 10.0 Å². The van der Waals surface area contributed by atoms with Crippen LogP contribution in [0.2, 0.25) is 10.0 Å². The molecule has 3 rings (SSSR count). The van der Waals surface area contributed by atoms with Crippen LogP contribution in [0.4, 0.5) is 15.8 Å². The van der Waals surface area contributed by atoms with Crippen molar-refractivity contribution in [3.8, 4) is 0 Å². The molecule has 0 aliphatic heterocycles. The highest BCUT2D eigenvalue weighted by Crippen LogP contribution is 2.27. The fourth-order valence-corrected chi connectivity index (χ4v) is 2.53. The molecule has 3 aromatic rings. The van der Waals surface area contributed by atoms with Crippen molar-refractivity contribution in [2.45, 2.75) is 0 Å². The minimum atomic E-state index is -0.721. The zero-order valence-electron chi connectivity index (χ0n) is 13.1. The van der Waals surface area contributed by atoms with E-state index in [2.05, 4.69) is 10.6 Å². The van der Waals surface area contributed by atoms with E-state index in [1.54, 1.807) is 6.07 Å². The Morgan fingerprint density at radius 1 is 0.885 bits per heavy atom. The van der Waals surface area contributed by atoms with Gasteiger partial charge in [-0.25, -0.2) is 4.39 Å². The van der Waals surface area contributed by atoms with Gasteiger partial charge in [-0.05, 0) is 48.5 Å². The van der Waals surface area contributed by atoms with Gasteiger partial charge in [-0.2, -0.15) is 0 Å². The number of carbonyl (C=O) groups is 2. The van der Waals surface area contributed by atoms with Crippen LogP contribution in [0.25, 0.3) is 0 Å². The van der Waals surface area contributed by atoms with Crippen molar-refractivity contribution in [2.75, 3.05) is 10.6 Å². The number of benzene rings is 2. The lowest BCUT2D eigenvalue weighted by atomic mass is 10.2. The minimum absolute atomic E-state index is 0.0862. The fourth-order valence-electron chi connectivity index (χ4n) is 2.18. The summed E-state index contributed by atoms with van der Waals surface area (Å²) in [5, 5.41) is 5.68. The zero-order valence-corrected chi connectivity index (χ0v) is 14.6. The van der Waals surface area contributed by atoms with Crippen LogP contribution >= 0.6 is 23.2 Å². The van der Waals surface area contributed by atoms with Crippen LogP contribution in [0.15, 0.2) is 59.2 Å². The lowest BCUT2D eigenvalue weighted by molar-refractivity contribution is 0.0992. The number of anilines is 2. The summed E-state index contributed by atoms with van der Waals surface area (Å²) in [6.07, 6.45) is 1.36. The van der Waals surface area contributed by atoms with Crippen molar-refractivity contribution in [3.05, 3.63) is 82.0 Å². The van der Waals surface area contributed by atoms with Crippen LogP contribution in [0, 0.1) is 5.82 Å². The first kappa shape index (κ1) is 18.0. The van der Waals surface area contributed by atoms with Gasteiger partial charge in [0.15, 0.2) is 5.76 Å². The molecule has 2 N–H and O–H groups in total. The van der Waals surface area contributed by atoms with E-state index in [0.717, 1.165) is 6.07 Å². The maximum atomic E-state index is 13.9. The average molecular weight is 393 g/mol. The molecule has 0 aliphatic carbocycles. The molecule has 5 nitrogen and oxygen atoms in total. The highest BCUT2D eigenvalue weighted by atomic mass is 35.5. The summed E-state index contributed by atoms with van der Waals surface area (Å²) >= 11 is 11.8. The Labute approximate surface area is 157 Å². The molecule has 2 amide bonds. The molecule has 8 heteroatoms. The number of halogens is 3. The quantitative estimate of drug-likeness (QED) is 0.638. The van der Waals surface area contributed by atoms with E-state index in [9.17, 15) is 14.0 Å². The largest absolute Gasteiger partial charge is 0.459 e. The van der Waals surface area contributed by atoms with E-state index in [1.807, 2.05) is 0 Å². The molecule has 0 fully saturated rings. The van der Waals surface area contributed by atoms with Crippen molar-refractivity contribution in [1.82, 2.24) is 0 Å². The summed E-state index contributed by atoms with van der Waals surface area (Å²) in [5.41, 5.74) is 0.240. The highest BCUT2D eigenvalue weighted by Gasteiger charge is 2.16. The van der Waals surface area contributed by atoms with Crippen molar-refractivity contribution in [2.24, 2.45) is 0 Å². The molecule has 132 valence electrons. The normalized spacial score (nSPS) is 10.4. The molecular weight excluding hydrogens is 382 g/mol. The molecule has 0 aliphatic rings. The first-order valence-electron chi connectivity index (χ1n) is 7.35. The Morgan fingerprint density at radius 3 is 2.31 bits per heavy atom. The Bertz CT molecular complexity index is 975. The predicted molar refractivity (Wildman–Crippen MR) is 97.5 cm³/mol. The maximum absolute atomic E-state index is 13.9. The van der Waals surface area contributed by atoms with Gasteiger partial charge in [0.05, 0.1) is 23.2 Å². The predicted octanol–water partition coefficient (Wildman–Crippen LogP) is 5.23. The van der Waals surface area contributed by atoms with Crippen LogP contribution in [-0.2, 0) is 0 Å². The number of amides is 2. The zero-order chi connectivity index (χ0) is 18.7. The van der Waals surface area contributed by atoms with Crippen LogP contribution < -0.4 is 10.6 Å². The summed E-state index contributed by atoms with van der Waals surface area (Å²) in [6.45, 7) is 0. The van der Waals surface area contributed by atoms with Crippen molar-refractivity contribution in [3.63, 3.8) is 0 Å². The number of hydrogen-bond acceptors (Lipinski definition) is 3. The van der Waals surface area contributed by atoms with E-state index < -0.39 is 17.6 Å². The highest BCUT2D eigenvalue weighted by molar-refractivity contribution is 6.31. The van der Waals surface area contributed by atoms with E-state index in [1.165, 1.54) is 42.7 Å². The second-order valence-corrected chi connectivity index (χ2v) is 6.07. The number of nitrogens with one attached hydrogen (secondary N) is 2. The SMILES string of the molecule is O=C(Nc1cc(Cl)ccc1NC(=O)c1cc(Cl)ccc1F)c1ccco1. The molecule has 1 heterocycles. The van der Waals surface area contributed by atoms with Crippen LogP contribution in [0.1, 0.15) is 20.9 Å². The summed E-state index contributed by atoms with van der Waals surface area (Å²) < 4.78 is 18.9. The second-order valence-electron chi connectivity index (χ2n) is 5.20. The molecule has 2 aromatic carbocycles. The van der Waals surface area contributed by atoms with Gasteiger partial charge in [0.1, 0.15) is 5.82 Å². The molecule has 1 aromatic heterocycles. The molecule has 0 spiro atoms. The van der Waals surface area contributed by atoms with Crippen LogP contribution in [-0.4, -0.2) is 11.8 Å². The first-order valence-corrected chi connectivity index (χ1v) is 8.10. The molecule has 0 bridgehead atoms. The molecule has 0 radical (unpaired) electrons. The lowest BCUT2D eigenvalue weighted by Crippen LogP contribution is -2.17. The summed E-state index contributed by atoms with van der Waals surface area (Å²) in [4.78, 5) is 24.5. The third kappa shape index (κ3) is 4.04. The van der Waals surface area contributed by atoms with Gasteiger partial charge < -0.3 is 15.1 Å². The minimum Gasteiger partial charge on any atom is -0.459 e. The van der Waals surface area contributed by atoms with Crippen molar-refractivity contribution < 1.29 is 18.4 Å². The van der Waals surface area contributed by atoms with Gasteiger partial charge in [-0.1, -0.05) is 23.2 Å². The summed E-state index contributed by atoms with van der Waals surface area (Å²) in [5.74, 6) is -1.88. The summed E-state index contributed by atoms with van der Waals surface area (Å²) in [6, 6.07) is 11.2. The van der Waals surface area contributed by atoms with Crippen molar-refractivity contribution >= 4 is 46.4 Å². The monoisotopic (exact) mass is 392 g/mol. The maximum Gasteiger partial charge on any atom is 0.291 e. The van der Waals surface area contributed by atoms with Gasteiger partial charge in [-0.3, -0.25) is 9.59 Å².